The van der Waals surface area contributed by atoms with Crippen LogP contribution in [0.1, 0.15) is 40.0 Å². The van der Waals surface area contributed by atoms with E-state index in [-0.39, 0.29) is 48.1 Å². The quantitative estimate of drug-likeness (QED) is 0.576. The molecule has 7 nitrogen and oxygen atoms in total. The Morgan fingerprint density at radius 1 is 1.41 bits per heavy atom. The molecule has 0 aromatic carbocycles. The van der Waals surface area contributed by atoms with E-state index in [9.17, 15) is 19.5 Å². The molecule has 152 valence electrons. The molecule has 3 N–H and O–H groups in total. The summed E-state index contributed by atoms with van der Waals surface area (Å²) in [6.07, 6.45) is 2.66. The topological polar surface area (TPSA) is 98.7 Å². The van der Waals surface area contributed by atoms with Crippen molar-refractivity contribution >= 4 is 29.5 Å². The van der Waals surface area contributed by atoms with Crippen molar-refractivity contribution in [2.75, 3.05) is 20.2 Å². The van der Waals surface area contributed by atoms with Gasteiger partial charge in [-0.05, 0) is 25.7 Å². The van der Waals surface area contributed by atoms with Gasteiger partial charge < -0.3 is 20.6 Å². The van der Waals surface area contributed by atoms with Gasteiger partial charge in [0.15, 0.2) is 0 Å². The predicted molar refractivity (Wildman–Crippen MR) is 104 cm³/mol. The van der Waals surface area contributed by atoms with E-state index in [0.29, 0.717) is 0 Å². The van der Waals surface area contributed by atoms with E-state index in [1.165, 1.54) is 4.90 Å². The summed E-state index contributed by atoms with van der Waals surface area (Å²) < 4.78 is -0.593. The molecule has 3 aliphatic heterocycles. The van der Waals surface area contributed by atoms with Crippen molar-refractivity contribution in [3.05, 3.63) is 0 Å². The van der Waals surface area contributed by atoms with Crippen LogP contribution in [0.3, 0.4) is 0 Å². The number of carbonyl (C=O) groups is 3. The standard InChI is InChI=1S/C19H31N3O4S/c1-5-6-11(3)21-17(25)15-19-10(2)9-12(27-19)13(16(24)20-4)14(19)18(26)22(15)7-8-23/h10-15,23H,5-9H2,1-4H3,(H,20,24)(H,21,25)/t10?,11?,12-,13+,14+,15?,19?/m1/s1. The average Bonchev–Trinajstić information content (AvgIpc) is 3.19. The Balaban J connectivity index is 1.99. The van der Waals surface area contributed by atoms with E-state index in [4.69, 9.17) is 0 Å². The minimum atomic E-state index is -0.638. The van der Waals surface area contributed by atoms with Gasteiger partial charge in [0.2, 0.25) is 17.7 Å². The van der Waals surface area contributed by atoms with Crippen LogP contribution < -0.4 is 10.6 Å². The Bertz CT molecular complexity index is 630. The van der Waals surface area contributed by atoms with Crippen molar-refractivity contribution in [1.82, 2.24) is 15.5 Å². The Labute approximate surface area is 165 Å². The van der Waals surface area contributed by atoms with Gasteiger partial charge in [-0.2, -0.15) is 0 Å². The summed E-state index contributed by atoms with van der Waals surface area (Å²) in [5.41, 5.74) is 0. The second-order valence-corrected chi connectivity index (χ2v) is 9.67. The van der Waals surface area contributed by atoms with Crippen molar-refractivity contribution in [1.29, 1.82) is 0 Å². The molecule has 3 amide bonds. The average molecular weight is 398 g/mol. The van der Waals surface area contributed by atoms with E-state index in [2.05, 4.69) is 24.5 Å². The maximum Gasteiger partial charge on any atom is 0.244 e. The zero-order valence-electron chi connectivity index (χ0n) is 16.5. The third-order valence-electron chi connectivity index (χ3n) is 6.49. The lowest BCUT2D eigenvalue weighted by atomic mass is 9.66. The van der Waals surface area contributed by atoms with Crippen LogP contribution in [0.2, 0.25) is 0 Å². The van der Waals surface area contributed by atoms with Gasteiger partial charge in [-0.3, -0.25) is 14.4 Å². The zero-order valence-corrected chi connectivity index (χ0v) is 17.3. The second-order valence-electron chi connectivity index (χ2n) is 8.12. The number of hydrogen-bond donors (Lipinski definition) is 3. The minimum absolute atomic E-state index is 0.0256. The fraction of sp³-hybridized carbons (Fsp3) is 0.842. The molecule has 0 aliphatic carbocycles. The summed E-state index contributed by atoms with van der Waals surface area (Å²) in [6, 6.07) is -0.612. The highest BCUT2D eigenvalue weighted by molar-refractivity contribution is 8.02. The lowest BCUT2D eigenvalue weighted by Crippen LogP contribution is -2.57. The van der Waals surface area contributed by atoms with Gasteiger partial charge >= 0.3 is 0 Å². The molecule has 7 atom stereocenters. The van der Waals surface area contributed by atoms with Gasteiger partial charge in [-0.25, -0.2) is 0 Å². The van der Waals surface area contributed by atoms with Gasteiger partial charge in [0.1, 0.15) is 6.04 Å². The molecule has 4 unspecified atom stereocenters. The number of nitrogens with one attached hydrogen (secondary N) is 2. The third-order valence-corrected chi connectivity index (χ3v) is 8.57. The minimum Gasteiger partial charge on any atom is -0.395 e. The number of fused-ring (bicyclic) bond motifs is 1. The van der Waals surface area contributed by atoms with E-state index >= 15 is 0 Å². The van der Waals surface area contributed by atoms with Crippen LogP contribution in [0, 0.1) is 17.8 Å². The first kappa shape index (κ1) is 20.5. The van der Waals surface area contributed by atoms with Crippen LogP contribution in [-0.2, 0) is 14.4 Å². The van der Waals surface area contributed by atoms with Crippen LogP contribution in [0.4, 0.5) is 0 Å². The molecular weight excluding hydrogens is 366 g/mol. The molecule has 0 saturated carbocycles. The lowest BCUT2D eigenvalue weighted by molar-refractivity contribution is -0.140. The molecule has 3 aliphatic rings. The van der Waals surface area contributed by atoms with Gasteiger partial charge in [0.05, 0.1) is 23.2 Å². The zero-order chi connectivity index (χ0) is 19.9. The number of thioether (sulfide) groups is 1. The number of likely N-dealkylation sites (tertiary alicyclic amines) is 1. The number of rotatable bonds is 7. The molecular formula is C19H31N3O4S. The van der Waals surface area contributed by atoms with Gasteiger partial charge in [-0.1, -0.05) is 20.3 Å². The molecule has 3 fully saturated rings. The first-order chi connectivity index (χ1) is 12.8. The molecule has 8 heteroatoms. The lowest BCUT2D eigenvalue weighted by Gasteiger charge is -2.39. The van der Waals surface area contributed by atoms with Crippen molar-refractivity contribution in [2.45, 2.75) is 62.1 Å². The monoisotopic (exact) mass is 397 g/mol. The molecule has 0 radical (unpaired) electrons. The van der Waals surface area contributed by atoms with Crippen LogP contribution in [0.5, 0.6) is 0 Å². The van der Waals surface area contributed by atoms with Gasteiger partial charge in [0.25, 0.3) is 0 Å². The fourth-order valence-corrected chi connectivity index (χ4v) is 7.88. The van der Waals surface area contributed by atoms with Crippen LogP contribution in [0.15, 0.2) is 0 Å². The molecule has 2 bridgehead atoms. The van der Waals surface area contributed by atoms with E-state index < -0.39 is 22.6 Å². The Hall–Kier alpha value is -1.28. The van der Waals surface area contributed by atoms with Crippen molar-refractivity contribution in [3.63, 3.8) is 0 Å². The first-order valence-electron chi connectivity index (χ1n) is 9.94. The summed E-state index contributed by atoms with van der Waals surface area (Å²) in [5, 5.41) is 15.4. The Morgan fingerprint density at radius 2 is 2.11 bits per heavy atom. The largest absolute Gasteiger partial charge is 0.395 e. The summed E-state index contributed by atoms with van der Waals surface area (Å²) in [5.74, 6) is -1.19. The Morgan fingerprint density at radius 3 is 2.70 bits per heavy atom. The Kier molecular flexibility index (Phi) is 5.77. The van der Waals surface area contributed by atoms with E-state index in [0.717, 1.165) is 19.3 Å². The second kappa shape index (κ2) is 7.62. The number of amides is 3. The molecule has 1 spiro atoms. The SMILES string of the molecule is CCCC(C)NC(=O)C1N(CCO)C(=O)[C@@H]2[C@@H](C(=O)NC)[C@H]3CC(C)C12S3. The summed E-state index contributed by atoms with van der Waals surface area (Å²) in [4.78, 5) is 40.7. The molecule has 3 saturated heterocycles. The first-order valence-corrected chi connectivity index (χ1v) is 10.8. The number of aliphatic hydroxyl groups excluding tert-OH is 1. The fourth-order valence-electron chi connectivity index (χ4n) is 5.46. The smallest absolute Gasteiger partial charge is 0.244 e. The number of carbonyl (C=O) groups excluding carboxylic acids is 3. The molecule has 0 aromatic heterocycles. The van der Waals surface area contributed by atoms with Crippen molar-refractivity contribution in [3.8, 4) is 0 Å². The van der Waals surface area contributed by atoms with Crippen LogP contribution >= 0.6 is 11.8 Å². The van der Waals surface area contributed by atoms with Crippen molar-refractivity contribution < 1.29 is 19.5 Å². The highest BCUT2D eigenvalue weighted by atomic mass is 32.2. The number of aliphatic hydroxyl groups is 1. The summed E-state index contributed by atoms with van der Waals surface area (Å²) in [7, 11) is 1.59. The highest BCUT2D eigenvalue weighted by Crippen LogP contribution is 2.68. The van der Waals surface area contributed by atoms with E-state index in [1.807, 2.05) is 6.92 Å². The third kappa shape index (κ3) is 2.95. The normalized spacial score (nSPS) is 38.0. The molecule has 0 aromatic rings. The number of hydrogen-bond acceptors (Lipinski definition) is 5. The van der Waals surface area contributed by atoms with Crippen LogP contribution in [0.25, 0.3) is 0 Å². The van der Waals surface area contributed by atoms with E-state index in [1.54, 1.807) is 18.8 Å². The van der Waals surface area contributed by atoms with Gasteiger partial charge in [-0.15, -0.1) is 11.8 Å². The summed E-state index contributed by atoms with van der Waals surface area (Å²) in [6.45, 7) is 6.05. The molecule has 3 heterocycles. The number of β-amino-alcohol motifs (C(OH)–C–C–N with tert-alkyl or cyclic N) is 1. The maximum atomic E-state index is 13.3. The predicted octanol–water partition coefficient (Wildman–Crippen LogP) is 0.367. The molecule has 27 heavy (non-hydrogen) atoms. The number of nitrogens with zero attached hydrogens (tertiary/aromatic N) is 1. The highest BCUT2D eigenvalue weighted by Gasteiger charge is 2.75. The van der Waals surface area contributed by atoms with Gasteiger partial charge in [0, 0.05) is 24.9 Å². The molecule has 3 rings (SSSR count). The summed E-state index contributed by atoms with van der Waals surface area (Å²) >= 11 is 1.65. The van der Waals surface area contributed by atoms with Crippen molar-refractivity contribution in [2.24, 2.45) is 17.8 Å². The maximum absolute atomic E-state index is 13.3. The van der Waals surface area contributed by atoms with Crippen LogP contribution in [-0.4, -0.2) is 70.0 Å².